The lowest BCUT2D eigenvalue weighted by Crippen LogP contribution is -2.45. The fourth-order valence-corrected chi connectivity index (χ4v) is 4.88. The van der Waals surface area contributed by atoms with Crippen LogP contribution in [0, 0.1) is 17.2 Å². The highest BCUT2D eigenvalue weighted by Crippen LogP contribution is 2.22. The van der Waals surface area contributed by atoms with E-state index in [4.69, 9.17) is 10.4 Å². The first-order valence-electron chi connectivity index (χ1n) is 11.2. The lowest BCUT2D eigenvalue weighted by Gasteiger charge is -2.35. The maximum atomic E-state index is 13.6. The van der Waals surface area contributed by atoms with Gasteiger partial charge in [0.2, 0.25) is 0 Å². The first-order valence-corrected chi connectivity index (χ1v) is 11.2. The maximum Gasteiger partial charge on any atom is 0.267 e. The number of likely N-dealkylation sites (tertiary alicyclic amines) is 1. The van der Waals surface area contributed by atoms with Crippen LogP contribution in [0.3, 0.4) is 0 Å². The summed E-state index contributed by atoms with van der Waals surface area (Å²) in [7, 11) is 0. The number of piperidine rings is 1. The number of fused-ring (bicyclic) bond motifs is 2. The molecule has 5 rings (SSSR count). The van der Waals surface area contributed by atoms with Crippen LogP contribution in [0.4, 0.5) is 0 Å². The van der Waals surface area contributed by atoms with Crippen LogP contribution in [0.15, 0.2) is 59.8 Å². The minimum absolute atomic E-state index is 0.0504. The summed E-state index contributed by atoms with van der Waals surface area (Å²) in [5.41, 5.74) is 1.75. The molecule has 2 unspecified atom stereocenters. The van der Waals surface area contributed by atoms with E-state index in [0.717, 1.165) is 12.0 Å². The van der Waals surface area contributed by atoms with Crippen molar-refractivity contribution in [3.05, 3.63) is 82.0 Å². The number of carbonyl (C=O) groups is 1. The maximum absolute atomic E-state index is 13.6. The fourth-order valence-electron chi connectivity index (χ4n) is 4.88. The molecule has 2 atom stereocenters. The van der Waals surface area contributed by atoms with Crippen LogP contribution in [-0.4, -0.2) is 42.8 Å². The third-order valence-electron chi connectivity index (χ3n) is 6.27. The highest BCUT2D eigenvalue weighted by Gasteiger charge is 2.28. The molecule has 5 heterocycles. The number of pyridine rings is 3. The number of aromatic nitrogens is 4. The molecule has 1 amide bonds. The van der Waals surface area contributed by atoms with Gasteiger partial charge in [0.15, 0.2) is 0 Å². The molecule has 4 aromatic heterocycles. The predicted octanol–water partition coefficient (Wildman–Crippen LogP) is 2.69. The van der Waals surface area contributed by atoms with Crippen LogP contribution < -0.4 is 11.0 Å². The topological polar surface area (TPSA) is 96.3 Å². The van der Waals surface area contributed by atoms with E-state index in [9.17, 15) is 9.59 Å². The van der Waals surface area contributed by atoms with Crippen LogP contribution in [0.1, 0.15) is 36.2 Å². The van der Waals surface area contributed by atoms with Crippen molar-refractivity contribution in [1.82, 2.24) is 23.8 Å². The Hall–Kier alpha value is -3.81. The van der Waals surface area contributed by atoms with Crippen LogP contribution in [0.25, 0.3) is 16.7 Å². The van der Waals surface area contributed by atoms with Crippen molar-refractivity contribution < 1.29 is 4.79 Å². The lowest BCUT2D eigenvalue weighted by atomic mass is 9.91. The van der Waals surface area contributed by atoms with Gasteiger partial charge in [0, 0.05) is 31.7 Å². The monoisotopic (exact) mass is 442 g/mol. The van der Waals surface area contributed by atoms with E-state index < -0.39 is 0 Å². The number of carbonyl (C=O) groups excluding carboxylic acids is 1. The van der Waals surface area contributed by atoms with Crippen molar-refractivity contribution in [1.29, 1.82) is 5.41 Å². The Balaban J connectivity index is 1.75. The smallest absolute Gasteiger partial charge is 0.267 e. The van der Waals surface area contributed by atoms with Gasteiger partial charge in [-0.1, -0.05) is 26.0 Å². The Morgan fingerprint density at radius 1 is 1.15 bits per heavy atom. The second kappa shape index (κ2) is 8.27. The second-order valence-corrected chi connectivity index (χ2v) is 9.09. The summed E-state index contributed by atoms with van der Waals surface area (Å²) < 4.78 is 3.12. The molecule has 168 valence electrons. The quantitative estimate of drug-likeness (QED) is 0.494. The number of amides is 1. The van der Waals surface area contributed by atoms with Crippen molar-refractivity contribution in [2.45, 2.75) is 26.8 Å². The largest absolute Gasteiger partial charge is 0.338 e. The van der Waals surface area contributed by atoms with Gasteiger partial charge in [-0.05, 0) is 48.1 Å². The van der Waals surface area contributed by atoms with Gasteiger partial charge in [0.25, 0.3) is 11.5 Å². The molecule has 0 saturated carbocycles. The van der Waals surface area contributed by atoms with Crippen molar-refractivity contribution in [2.75, 3.05) is 13.1 Å². The number of nitrogens with one attached hydrogen (secondary N) is 1. The number of hydrogen-bond donors (Lipinski definition) is 1. The number of rotatable bonds is 3. The van der Waals surface area contributed by atoms with E-state index in [1.807, 2.05) is 23.1 Å². The summed E-state index contributed by atoms with van der Waals surface area (Å²) in [6.07, 6.45) is 6.15. The van der Waals surface area contributed by atoms with Gasteiger partial charge in [-0.3, -0.25) is 24.4 Å². The SMILES string of the molecule is CC1CC(C)CN(C(=O)c2cc3c(=O)n4ccccc4nc3n(Cc3cccnc3)c2=N)C1. The molecule has 0 spiro atoms. The molecule has 0 radical (unpaired) electrons. The summed E-state index contributed by atoms with van der Waals surface area (Å²) in [5.74, 6) is 0.579. The molecule has 0 aliphatic carbocycles. The minimum atomic E-state index is -0.259. The highest BCUT2D eigenvalue weighted by molar-refractivity contribution is 5.97. The zero-order valence-electron chi connectivity index (χ0n) is 18.7. The summed E-state index contributed by atoms with van der Waals surface area (Å²) in [4.78, 5) is 37.6. The fraction of sp³-hybridized carbons (Fsp3) is 0.320. The molecular weight excluding hydrogens is 416 g/mol. The highest BCUT2D eigenvalue weighted by atomic mass is 16.2. The third-order valence-corrected chi connectivity index (χ3v) is 6.27. The Morgan fingerprint density at radius 3 is 2.67 bits per heavy atom. The van der Waals surface area contributed by atoms with Crippen molar-refractivity contribution in [3.8, 4) is 0 Å². The summed E-state index contributed by atoms with van der Waals surface area (Å²) >= 11 is 0. The zero-order chi connectivity index (χ0) is 23.1. The Labute approximate surface area is 190 Å². The molecule has 1 aliphatic heterocycles. The summed E-state index contributed by atoms with van der Waals surface area (Å²) in [5, 5.41) is 9.27. The van der Waals surface area contributed by atoms with E-state index in [-0.39, 0.29) is 29.1 Å². The molecule has 0 aromatic carbocycles. The number of nitrogens with zero attached hydrogens (tertiary/aromatic N) is 5. The zero-order valence-corrected chi connectivity index (χ0v) is 18.7. The van der Waals surface area contributed by atoms with Gasteiger partial charge < -0.3 is 9.47 Å². The molecule has 1 fully saturated rings. The van der Waals surface area contributed by atoms with Crippen LogP contribution >= 0.6 is 0 Å². The molecule has 1 aliphatic rings. The van der Waals surface area contributed by atoms with Gasteiger partial charge in [0.05, 0.1) is 17.5 Å². The molecule has 1 saturated heterocycles. The molecule has 8 heteroatoms. The van der Waals surface area contributed by atoms with E-state index in [1.54, 1.807) is 41.4 Å². The van der Waals surface area contributed by atoms with E-state index in [0.29, 0.717) is 41.6 Å². The van der Waals surface area contributed by atoms with Crippen molar-refractivity contribution >= 4 is 22.6 Å². The van der Waals surface area contributed by atoms with Crippen molar-refractivity contribution in [2.24, 2.45) is 11.8 Å². The molecule has 4 aromatic rings. The predicted molar refractivity (Wildman–Crippen MR) is 125 cm³/mol. The standard InChI is InChI=1S/C25H26N6O2/c1-16-10-17(2)14-29(13-16)24(32)19-11-20-23(28-21-7-3-4-9-30(21)25(20)33)31(22(19)26)15-18-6-5-8-27-12-18/h3-9,11-12,16-17,26H,10,13-15H2,1-2H3. The van der Waals surface area contributed by atoms with E-state index >= 15 is 0 Å². The molecule has 0 bridgehead atoms. The molecule has 33 heavy (non-hydrogen) atoms. The summed E-state index contributed by atoms with van der Waals surface area (Å²) in [6, 6.07) is 10.6. The number of hydrogen-bond acceptors (Lipinski definition) is 5. The van der Waals surface area contributed by atoms with Gasteiger partial charge >= 0.3 is 0 Å². The van der Waals surface area contributed by atoms with Gasteiger partial charge in [-0.15, -0.1) is 0 Å². The third kappa shape index (κ3) is 3.82. The normalized spacial score (nSPS) is 18.7. The lowest BCUT2D eigenvalue weighted by molar-refractivity contribution is 0.0620. The average Bonchev–Trinajstić information content (AvgIpc) is 2.81. The van der Waals surface area contributed by atoms with Gasteiger partial charge in [-0.2, -0.15) is 0 Å². The summed E-state index contributed by atoms with van der Waals surface area (Å²) in [6.45, 7) is 5.87. The molecule has 1 N–H and O–H groups in total. The Bertz CT molecular complexity index is 1460. The van der Waals surface area contributed by atoms with Crippen molar-refractivity contribution in [3.63, 3.8) is 0 Å². The average molecular weight is 443 g/mol. The van der Waals surface area contributed by atoms with Gasteiger partial charge in [-0.25, -0.2) is 4.98 Å². The molecular formula is C25H26N6O2. The van der Waals surface area contributed by atoms with Gasteiger partial charge in [0.1, 0.15) is 16.8 Å². The van der Waals surface area contributed by atoms with Crippen LogP contribution in [-0.2, 0) is 6.54 Å². The first-order chi connectivity index (χ1) is 15.9. The minimum Gasteiger partial charge on any atom is -0.338 e. The Kier molecular flexibility index (Phi) is 5.28. The van der Waals surface area contributed by atoms with E-state index in [1.165, 1.54) is 4.40 Å². The molecule has 8 nitrogen and oxygen atoms in total. The van der Waals surface area contributed by atoms with E-state index in [2.05, 4.69) is 18.8 Å². The van der Waals surface area contributed by atoms with Crippen LogP contribution in [0.5, 0.6) is 0 Å². The van der Waals surface area contributed by atoms with Crippen LogP contribution in [0.2, 0.25) is 0 Å². The second-order valence-electron chi connectivity index (χ2n) is 9.09. The first kappa shape index (κ1) is 21.1. The Morgan fingerprint density at radius 2 is 1.94 bits per heavy atom.